The summed E-state index contributed by atoms with van der Waals surface area (Å²) in [6.45, 7) is 0. The molecule has 8 nitrogen and oxygen atoms in total. The van der Waals surface area contributed by atoms with Gasteiger partial charge in [0, 0.05) is 20.5 Å². The van der Waals surface area contributed by atoms with Crippen molar-refractivity contribution in [1.29, 1.82) is 10.5 Å². The summed E-state index contributed by atoms with van der Waals surface area (Å²) in [5.74, 6) is -2.19. The molecule has 0 unspecified atom stereocenters. The Morgan fingerprint density at radius 1 is 0.698 bits per heavy atom. The van der Waals surface area contributed by atoms with Crippen molar-refractivity contribution in [2.45, 2.75) is 0 Å². The minimum Gasteiger partial charge on any atom is -0.507 e. The van der Waals surface area contributed by atoms with Crippen molar-refractivity contribution >= 4 is 54.8 Å². The molecule has 0 fully saturated rings. The number of hydrogen-bond acceptors (Lipinski definition) is 9. The molecule has 0 bridgehead atoms. The van der Waals surface area contributed by atoms with E-state index in [1.807, 2.05) is 29.0 Å². The summed E-state index contributed by atoms with van der Waals surface area (Å²) >= 11 is 3.10. The number of aromatic carboxylic acids is 1. The number of carboxylic acid groups (broad SMARTS) is 1. The SMILES string of the molecule is COC(=O)c1ccc(-c2cc(C#N)cc3ccsc23)cc1O.N#Cc1cc(-c2ccc(C(=O)O)c(O)c2)c2sccc2c1. The van der Waals surface area contributed by atoms with Gasteiger partial charge in [0.2, 0.25) is 0 Å². The first-order chi connectivity index (χ1) is 20.7. The molecule has 6 rings (SSSR count). The molecule has 0 aliphatic heterocycles. The summed E-state index contributed by atoms with van der Waals surface area (Å²) in [5.41, 5.74) is 4.15. The van der Waals surface area contributed by atoms with Crippen LogP contribution in [-0.4, -0.2) is 34.4 Å². The number of rotatable bonds is 4. The Kier molecular flexibility index (Phi) is 8.08. The molecule has 0 radical (unpaired) electrons. The summed E-state index contributed by atoms with van der Waals surface area (Å²) < 4.78 is 6.65. The zero-order valence-corrected chi connectivity index (χ0v) is 24.0. The molecular weight excluding hydrogens is 585 g/mol. The van der Waals surface area contributed by atoms with Crippen LogP contribution >= 0.6 is 22.7 Å². The number of nitrogens with zero attached hydrogens (tertiary/aromatic N) is 2. The highest BCUT2D eigenvalue weighted by Crippen LogP contribution is 2.37. The van der Waals surface area contributed by atoms with Gasteiger partial charge in [-0.15, -0.1) is 22.7 Å². The van der Waals surface area contributed by atoms with Crippen LogP contribution in [0.4, 0.5) is 0 Å². The Labute approximate surface area is 253 Å². The van der Waals surface area contributed by atoms with E-state index in [1.165, 1.54) is 42.7 Å². The second-order valence-electron chi connectivity index (χ2n) is 9.21. The maximum absolute atomic E-state index is 11.5. The highest BCUT2D eigenvalue weighted by atomic mass is 32.1. The zero-order valence-electron chi connectivity index (χ0n) is 22.4. The fourth-order valence-corrected chi connectivity index (χ4v) is 6.42. The first kappa shape index (κ1) is 28.8. The van der Waals surface area contributed by atoms with E-state index in [9.17, 15) is 19.8 Å². The number of phenolic OH excluding ortho intramolecular Hbond substituents is 1. The summed E-state index contributed by atoms with van der Waals surface area (Å²) in [6, 6.07) is 24.5. The Morgan fingerprint density at radius 2 is 1.16 bits per heavy atom. The van der Waals surface area contributed by atoms with Gasteiger partial charge in [0.1, 0.15) is 22.6 Å². The number of hydrogen-bond donors (Lipinski definition) is 3. The Hall–Kier alpha value is -5.68. The van der Waals surface area contributed by atoms with Crippen molar-refractivity contribution in [3.8, 4) is 45.9 Å². The van der Waals surface area contributed by atoms with E-state index in [4.69, 9.17) is 15.6 Å². The molecule has 3 N–H and O–H groups in total. The van der Waals surface area contributed by atoms with Gasteiger partial charge < -0.3 is 20.1 Å². The maximum atomic E-state index is 11.5. The molecule has 0 saturated heterocycles. The predicted molar refractivity (Wildman–Crippen MR) is 166 cm³/mol. The molecule has 210 valence electrons. The third-order valence-corrected chi connectivity index (χ3v) is 8.54. The Bertz CT molecular complexity index is 2130. The second-order valence-corrected chi connectivity index (χ2v) is 11.0. The monoisotopic (exact) mass is 604 g/mol. The number of nitriles is 2. The van der Waals surface area contributed by atoms with Crippen LogP contribution in [0.2, 0.25) is 0 Å². The van der Waals surface area contributed by atoms with E-state index in [2.05, 4.69) is 16.9 Å². The molecule has 0 atom stereocenters. The van der Waals surface area contributed by atoms with Crippen LogP contribution in [0.5, 0.6) is 11.5 Å². The molecule has 0 amide bonds. The third-order valence-electron chi connectivity index (χ3n) is 6.61. The molecule has 0 spiro atoms. The quantitative estimate of drug-likeness (QED) is 0.173. The van der Waals surface area contributed by atoms with Crippen molar-refractivity contribution in [3.63, 3.8) is 0 Å². The maximum Gasteiger partial charge on any atom is 0.341 e. The van der Waals surface area contributed by atoms with Crippen molar-refractivity contribution in [2.75, 3.05) is 7.11 Å². The number of benzene rings is 4. The Balaban J connectivity index is 0.000000171. The smallest absolute Gasteiger partial charge is 0.341 e. The highest BCUT2D eigenvalue weighted by molar-refractivity contribution is 7.18. The molecule has 4 aromatic carbocycles. The number of fused-ring (bicyclic) bond motifs is 2. The van der Waals surface area contributed by atoms with Gasteiger partial charge in [-0.2, -0.15) is 10.5 Å². The molecule has 2 aromatic heterocycles. The number of thiophene rings is 2. The topological polar surface area (TPSA) is 152 Å². The normalized spacial score (nSPS) is 10.4. The van der Waals surface area contributed by atoms with E-state index in [-0.39, 0.29) is 22.6 Å². The Morgan fingerprint density at radius 3 is 1.56 bits per heavy atom. The lowest BCUT2D eigenvalue weighted by Gasteiger charge is -2.08. The van der Waals surface area contributed by atoms with Crippen LogP contribution in [0.15, 0.2) is 83.6 Å². The van der Waals surface area contributed by atoms with Crippen LogP contribution in [0, 0.1) is 22.7 Å². The molecule has 10 heteroatoms. The van der Waals surface area contributed by atoms with E-state index >= 15 is 0 Å². The average molecular weight is 605 g/mol. The number of carbonyl (C=O) groups is 2. The number of methoxy groups -OCH3 is 1. The summed E-state index contributed by atoms with van der Waals surface area (Å²) in [5, 5.41) is 52.9. The molecule has 43 heavy (non-hydrogen) atoms. The number of carbonyl (C=O) groups excluding carboxylic acids is 1. The molecule has 6 aromatic rings. The van der Waals surface area contributed by atoms with Crippen LogP contribution in [0.25, 0.3) is 42.4 Å². The van der Waals surface area contributed by atoms with Gasteiger partial charge in [-0.3, -0.25) is 0 Å². The lowest BCUT2D eigenvalue weighted by molar-refractivity contribution is 0.0596. The minimum absolute atomic E-state index is 0.116. The average Bonchev–Trinajstić information content (AvgIpc) is 3.69. The fourth-order valence-electron chi connectivity index (χ4n) is 4.58. The molecule has 0 aliphatic carbocycles. The minimum atomic E-state index is -1.17. The van der Waals surface area contributed by atoms with Gasteiger partial charge in [-0.1, -0.05) is 12.1 Å². The molecule has 0 saturated carbocycles. The summed E-state index contributed by atoms with van der Waals surface area (Å²) in [7, 11) is 1.27. The molecule has 2 heterocycles. The van der Waals surface area contributed by atoms with Gasteiger partial charge in [0.15, 0.2) is 0 Å². The van der Waals surface area contributed by atoms with Crippen LogP contribution in [0.3, 0.4) is 0 Å². The predicted octanol–water partition coefficient (Wildman–Crippen LogP) is 7.78. The lowest BCUT2D eigenvalue weighted by atomic mass is 9.99. The number of carboxylic acids is 1. The van der Waals surface area contributed by atoms with E-state index in [0.717, 1.165) is 36.9 Å². The second kappa shape index (κ2) is 12.0. The number of esters is 1. The van der Waals surface area contributed by atoms with Gasteiger partial charge >= 0.3 is 11.9 Å². The van der Waals surface area contributed by atoms with Crippen molar-refractivity contribution in [3.05, 3.63) is 106 Å². The van der Waals surface area contributed by atoms with Gasteiger partial charge in [0.05, 0.1) is 30.4 Å². The standard InChI is InChI=1S/C17H11NO3S.C16H9NO3S/c1-21-17(20)13-3-2-11(8-15(13)19)14-7-10(9-18)6-12-4-5-22-16(12)14;17-8-9-5-11-3-4-21-15(11)13(6-9)10-1-2-12(16(19)20)14(18)7-10/h2-8,19H,1H3;1-7,18H,(H,19,20). The van der Waals surface area contributed by atoms with Crippen LogP contribution in [0.1, 0.15) is 31.8 Å². The van der Waals surface area contributed by atoms with Crippen LogP contribution in [-0.2, 0) is 4.74 Å². The van der Waals surface area contributed by atoms with E-state index in [0.29, 0.717) is 16.7 Å². The van der Waals surface area contributed by atoms with Gasteiger partial charge in [-0.05, 0) is 93.3 Å². The largest absolute Gasteiger partial charge is 0.507 e. The van der Waals surface area contributed by atoms with Crippen molar-refractivity contribution in [1.82, 2.24) is 0 Å². The first-order valence-electron chi connectivity index (χ1n) is 12.5. The fraction of sp³-hybridized carbons (Fsp3) is 0.0303. The lowest BCUT2D eigenvalue weighted by Crippen LogP contribution is -2.01. The zero-order chi connectivity index (χ0) is 30.7. The summed E-state index contributed by atoms with van der Waals surface area (Å²) in [6.07, 6.45) is 0. The van der Waals surface area contributed by atoms with Gasteiger partial charge in [0.25, 0.3) is 0 Å². The number of ether oxygens (including phenoxy) is 1. The summed E-state index contributed by atoms with van der Waals surface area (Å²) in [4.78, 5) is 22.5. The highest BCUT2D eigenvalue weighted by Gasteiger charge is 2.15. The van der Waals surface area contributed by atoms with Crippen LogP contribution < -0.4 is 0 Å². The molecule has 0 aliphatic rings. The van der Waals surface area contributed by atoms with E-state index < -0.39 is 11.9 Å². The number of phenols is 2. The number of aromatic hydroxyl groups is 2. The van der Waals surface area contributed by atoms with Gasteiger partial charge in [-0.25, -0.2) is 9.59 Å². The van der Waals surface area contributed by atoms with E-state index in [1.54, 1.807) is 41.7 Å². The third kappa shape index (κ3) is 5.74. The van der Waals surface area contributed by atoms with Crippen molar-refractivity contribution < 1.29 is 29.6 Å². The molecular formula is C33H20N2O6S2. The van der Waals surface area contributed by atoms with Crippen molar-refractivity contribution in [2.24, 2.45) is 0 Å². The first-order valence-corrected chi connectivity index (χ1v) is 14.3.